The number of aromatic nitrogens is 1. The van der Waals surface area contributed by atoms with Crippen LogP contribution in [0, 0.1) is 0 Å². The largest absolute Gasteiger partial charge is 0.475 e. The minimum atomic E-state index is -1.05. The van der Waals surface area contributed by atoms with Gasteiger partial charge in [0.25, 0.3) is 0 Å². The van der Waals surface area contributed by atoms with Gasteiger partial charge in [0.15, 0.2) is 5.09 Å². The SMILES string of the molecule is O=C(O)c1ccc(SCc2ccccn2)o1. The van der Waals surface area contributed by atoms with E-state index in [2.05, 4.69) is 4.98 Å². The number of rotatable bonds is 4. The summed E-state index contributed by atoms with van der Waals surface area (Å²) in [4.78, 5) is 14.7. The zero-order valence-corrected chi connectivity index (χ0v) is 9.11. The molecule has 2 heterocycles. The van der Waals surface area contributed by atoms with Crippen LogP contribution in [-0.2, 0) is 5.75 Å². The second kappa shape index (κ2) is 4.85. The molecule has 0 saturated carbocycles. The van der Waals surface area contributed by atoms with Crippen molar-refractivity contribution in [1.29, 1.82) is 0 Å². The Morgan fingerprint density at radius 3 is 2.88 bits per heavy atom. The topological polar surface area (TPSA) is 63.3 Å². The maximum Gasteiger partial charge on any atom is 0.371 e. The lowest BCUT2D eigenvalue weighted by atomic mass is 10.4. The summed E-state index contributed by atoms with van der Waals surface area (Å²) >= 11 is 1.42. The molecule has 2 rings (SSSR count). The highest BCUT2D eigenvalue weighted by atomic mass is 32.2. The van der Waals surface area contributed by atoms with Crippen LogP contribution in [0.4, 0.5) is 0 Å². The van der Waals surface area contributed by atoms with Crippen LogP contribution in [0.5, 0.6) is 0 Å². The highest BCUT2D eigenvalue weighted by Crippen LogP contribution is 2.24. The van der Waals surface area contributed by atoms with Gasteiger partial charge in [0.05, 0.1) is 5.69 Å². The molecule has 0 aromatic carbocycles. The summed E-state index contributed by atoms with van der Waals surface area (Å²) < 4.78 is 5.10. The Bertz CT molecular complexity index is 481. The first-order valence-corrected chi connectivity index (χ1v) is 5.60. The molecule has 0 fully saturated rings. The van der Waals surface area contributed by atoms with E-state index in [4.69, 9.17) is 9.52 Å². The van der Waals surface area contributed by atoms with Gasteiger partial charge in [-0.1, -0.05) is 17.8 Å². The number of carboxylic acid groups (broad SMARTS) is 1. The molecule has 0 aliphatic carbocycles. The third-order valence-electron chi connectivity index (χ3n) is 1.88. The smallest absolute Gasteiger partial charge is 0.371 e. The van der Waals surface area contributed by atoms with E-state index < -0.39 is 5.97 Å². The Labute approximate surface area is 96.3 Å². The van der Waals surface area contributed by atoms with E-state index in [-0.39, 0.29) is 5.76 Å². The molecular formula is C11H9NO3S. The molecule has 0 radical (unpaired) electrons. The van der Waals surface area contributed by atoms with E-state index in [1.807, 2.05) is 18.2 Å². The molecule has 0 spiro atoms. The number of carbonyl (C=O) groups is 1. The third-order valence-corrected chi connectivity index (χ3v) is 2.82. The number of hydrogen-bond donors (Lipinski definition) is 1. The van der Waals surface area contributed by atoms with E-state index in [1.54, 1.807) is 12.3 Å². The first-order chi connectivity index (χ1) is 7.75. The molecule has 4 nitrogen and oxygen atoms in total. The zero-order chi connectivity index (χ0) is 11.4. The molecule has 0 atom stereocenters. The maximum absolute atomic E-state index is 10.6. The Hall–Kier alpha value is -1.75. The van der Waals surface area contributed by atoms with Crippen LogP contribution in [0.25, 0.3) is 0 Å². The number of thioether (sulfide) groups is 1. The van der Waals surface area contributed by atoms with Gasteiger partial charge in [-0.3, -0.25) is 4.98 Å². The molecular weight excluding hydrogens is 226 g/mol. The second-order valence-corrected chi connectivity index (χ2v) is 4.01. The van der Waals surface area contributed by atoms with Gasteiger partial charge in [-0.05, 0) is 24.3 Å². The fourth-order valence-corrected chi connectivity index (χ4v) is 1.92. The average Bonchev–Trinajstić information content (AvgIpc) is 2.76. The Kier molecular flexibility index (Phi) is 3.26. The van der Waals surface area contributed by atoms with Gasteiger partial charge >= 0.3 is 5.97 Å². The van der Waals surface area contributed by atoms with Crippen molar-refractivity contribution >= 4 is 17.7 Å². The number of aromatic carboxylic acids is 1. The average molecular weight is 235 g/mol. The minimum Gasteiger partial charge on any atom is -0.475 e. The first-order valence-electron chi connectivity index (χ1n) is 4.61. The van der Waals surface area contributed by atoms with Crippen LogP contribution in [0.1, 0.15) is 16.2 Å². The van der Waals surface area contributed by atoms with E-state index >= 15 is 0 Å². The Morgan fingerprint density at radius 2 is 2.25 bits per heavy atom. The summed E-state index contributed by atoms with van der Waals surface area (Å²) in [5, 5.41) is 9.25. The van der Waals surface area contributed by atoms with Crippen molar-refractivity contribution < 1.29 is 14.3 Å². The molecule has 16 heavy (non-hydrogen) atoms. The minimum absolute atomic E-state index is 0.0384. The van der Waals surface area contributed by atoms with Crippen LogP contribution >= 0.6 is 11.8 Å². The highest BCUT2D eigenvalue weighted by Gasteiger charge is 2.09. The van der Waals surface area contributed by atoms with Gasteiger partial charge < -0.3 is 9.52 Å². The number of nitrogens with zero attached hydrogens (tertiary/aromatic N) is 1. The van der Waals surface area contributed by atoms with Gasteiger partial charge in [-0.15, -0.1) is 0 Å². The molecule has 1 N–H and O–H groups in total. The summed E-state index contributed by atoms with van der Waals surface area (Å²) in [5.41, 5.74) is 0.931. The molecule has 2 aromatic rings. The molecule has 0 aliphatic rings. The molecule has 0 bridgehead atoms. The molecule has 5 heteroatoms. The van der Waals surface area contributed by atoms with Gasteiger partial charge in [-0.25, -0.2) is 4.79 Å². The third kappa shape index (κ3) is 2.64. The lowest BCUT2D eigenvalue weighted by Crippen LogP contribution is -1.91. The van der Waals surface area contributed by atoms with E-state index in [9.17, 15) is 4.79 Å². The van der Waals surface area contributed by atoms with E-state index in [1.165, 1.54) is 17.8 Å². The zero-order valence-electron chi connectivity index (χ0n) is 8.29. The quantitative estimate of drug-likeness (QED) is 0.825. The molecule has 2 aromatic heterocycles. The predicted molar refractivity (Wildman–Crippen MR) is 59.5 cm³/mol. The van der Waals surface area contributed by atoms with Gasteiger partial charge in [0.2, 0.25) is 5.76 Å². The molecule has 0 amide bonds. The number of carboxylic acids is 1. The summed E-state index contributed by atoms with van der Waals surface area (Å²) in [7, 11) is 0. The van der Waals surface area contributed by atoms with Crippen LogP contribution in [0.2, 0.25) is 0 Å². The van der Waals surface area contributed by atoms with E-state index in [0.717, 1.165) is 5.69 Å². The van der Waals surface area contributed by atoms with Crippen molar-refractivity contribution in [1.82, 2.24) is 4.98 Å². The van der Waals surface area contributed by atoms with Gasteiger partial charge in [0, 0.05) is 11.9 Å². The van der Waals surface area contributed by atoms with Crippen molar-refractivity contribution in [2.45, 2.75) is 10.8 Å². The van der Waals surface area contributed by atoms with Crippen molar-refractivity contribution in [3.05, 3.63) is 48.0 Å². The first kappa shape index (κ1) is 10.8. The summed E-state index contributed by atoms with van der Waals surface area (Å²) in [6, 6.07) is 8.77. The molecule has 0 aliphatic heterocycles. The number of furan rings is 1. The van der Waals surface area contributed by atoms with Crippen molar-refractivity contribution in [3.63, 3.8) is 0 Å². The standard InChI is InChI=1S/C11H9NO3S/c13-11(14)9-4-5-10(15-9)16-7-8-3-1-2-6-12-8/h1-6H,7H2,(H,13,14). The Balaban J connectivity index is 1.97. The predicted octanol–water partition coefficient (Wildman–Crippen LogP) is 2.67. The number of hydrogen-bond acceptors (Lipinski definition) is 4. The summed E-state index contributed by atoms with van der Waals surface area (Å²) in [6.45, 7) is 0. The van der Waals surface area contributed by atoms with Crippen LogP contribution in [0.15, 0.2) is 46.0 Å². The molecule has 0 saturated heterocycles. The monoisotopic (exact) mass is 235 g/mol. The van der Waals surface area contributed by atoms with Crippen LogP contribution in [-0.4, -0.2) is 16.1 Å². The maximum atomic E-state index is 10.6. The number of pyridine rings is 1. The van der Waals surface area contributed by atoms with Crippen molar-refractivity contribution in [3.8, 4) is 0 Å². The normalized spacial score (nSPS) is 10.2. The summed E-state index contributed by atoms with van der Waals surface area (Å²) in [6.07, 6.45) is 1.72. The van der Waals surface area contributed by atoms with Crippen LogP contribution < -0.4 is 0 Å². The lowest BCUT2D eigenvalue weighted by Gasteiger charge is -1.96. The van der Waals surface area contributed by atoms with E-state index in [0.29, 0.717) is 10.8 Å². The van der Waals surface area contributed by atoms with Gasteiger partial charge in [0.1, 0.15) is 0 Å². The molecule has 0 unspecified atom stereocenters. The summed E-state index contributed by atoms with van der Waals surface area (Å²) in [5.74, 6) is -0.429. The van der Waals surface area contributed by atoms with Crippen molar-refractivity contribution in [2.75, 3.05) is 0 Å². The second-order valence-electron chi connectivity index (χ2n) is 3.03. The van der Waals surface area contributed by atoms with Crippen molar-refractivity contribution in [2.24, 2.45) is 0 Å². The highest BCUT2D eigenvalue weighted by molar-refractivity contribution is 7.98. The van der Waals surface area contributed by atoms with Crippen LogP contribution in [0.3, 0.4) is 0 Å². The van der Waals surface area contributed by atoms with Gasteiger partial charge in [-0.2, -0.15) is 0 Å². The fourth-order valence-electron chi connectivity index (χ4n) is 1.14. The Morgan fingerprint density at radius 1 is 1.38 bits per heavy atom. The fraction of sp³-hybridized carbons (Fsp3) is 0.0909. The lowest BCUT2D eigenvalue weighted by molar-refractivity contribution is 0.0656. The molecule has 82 valence electrons.